The van der Waals surface area contributed by atoms with Crippen LogP contribution in [0.3, 0.4) is 0 Å². The molecule has 0 atom stereocenters. The van der Waals surface area contributed by atoms with E-state index < -0.39 is 0 Å². The Bertz CT molecular complexity index is 438. The number of nitrogens with zero attached hydrogens (tertiary/aromatic N) is 2. The van der Waals surface area contributed by atoms with Gasteiger partial charge in [0, 0.05) is 18.5 Å². The molecular formula is C11H17N5O. The van der Waals surface area contributed by atoms with E-state index in [9.17, 15) is 4.79 Å². The number of amides is 2. The minimum atomic E-state index is -0.268. The van der Waals surface area contributed by atoms with Crippen molar-refractivity contribution in [1.29, 1.82) is 0 Å². The fraction of sp³-hybridized carbons (Fsp3) is 0.545. The van der Waals surface area contributed by atoms with Crippen LogP contribution in [0.2, 0.25) is 0 Å². The fourth-order valence-electron chi connectivity index (χ4n) is 1.60. The smallest absolute Gasteiger partial charge is 0.320 e. The molecule has 0 fully saturated rings. The number of carbonyl (C=O) groups is 1. The van der Waals surface area contributed by atoms with E-state index in [1.54, 1.807) is 6.20 Å². The van der Waals surface area contributed by atoms with E-state index in [-0.39, 0.29) is 11.6 Å². The van der Waals surface area contributed by atoms with Crippen LogP contribution in [-0.4, -0.2) is 28.1 Å². The van der Waals surface area contributed by atoms with E-state index in [0.717, 1.165) is 24.5 Å². The molecule has 92 valence electrons. The molecule has 0 aliphatic carbocycles. The third kappa shape index (κ3) is 3.05. The molecule has 1 aromatic rings. The van der Waals surface area contributed by atoms with E-state index in [1.165, 1.54) is 0 Å². The Balaban J connectivity index is 2.02. The molecule has 0 saturated carbocycles. The maximum Gasteiger partial charge on any atom is 0.320 e. The minimum Gasteiger partial charge on any atom is -0.368 e. The van der Waals surface area contributed by atoms with Crippen molar-refractivity contribution >= 4 is 17.7 Å². The van der Waals surface area contributed by atoms with E-state index in [1.807, 2.05) is 20.8 Å². The van der Waals surface area contributed by atoms with Crippen LogP contribution in [0.15, 0.2) is 6.20 Å². The molecule has 1 aliphatic rings. The summed E-state index contributed by atoms with van der Waals surface area (Å²) in [7, 11) is 0. The van der Waals surface area contributed by atoms with Gasteiger partial charge >= 0.3 is 6.03 Å². The van der Waals surface area contributed by atoms with Crippen molar-refractivity contribution < 1.29 is 4.79 Å². The van der Waals surface area contributed by atoms with Gasteiger partial charge in [-0.2, -0.15) is 0 Å². The average molecular weight is 235 g/mol. The summed E-state index contributed by atoms with van der Waals surface area (Å²) in [5, 5.41) is 8.60. The molecule has 3 N–H and O–H groups in total. The van der Waals surface area contributed by atoms with E-state index in [4.69, 9.17) is 0 Å². The number of nitrogens with one attached hydrogen (secondary N) is 3. The summed E-state index contributed by atoms with van der Waals surface area (Å²) in [5.41, 5.74) is 0.633. The Kier molecular flexibility index (Phi) is 2.87. The van der Waals surface area contributed by atoms with Gasteiger partial charge in [0.1, 0.15) is 5.82 Å². The first-order valence-corrected chi connectivity index (χ1v) is 5.63. The number of anilines is 2. The monoisotopic (exact) mass is 235 g/mol. The van der Waals surface area contributed by atoms with Gasteiger partial charge in [-0.3, -0.25) is 5.32 Å². The van der Waals surface area contributed by atoms with Crippen LogP contribution in [0.5, 0.6) is 0 Å². The Labute approximate surface area is 100 Å². The maximum absolute atomic E-state index is 11.6. The number of carbonyl (C=O) groups excluding carboxylic acids is 1. The Morgan fingerprint density at radius 2 is 2.24 bits per heavy atom. The van der Waals surface area contributed by atoms with Crippen LogP contribution in [0, 0.1) is 0 Å². The molecule has 0 unspecified atom stereocenters. The summed E-state index contributed by atoms with van der Waals surface area (Å²) in [6, 6.07) is -0.266. The number of hydrogen-bond acceptors (Lipinski definition) is 4. The zero-order valence-electron chi connectivity index (χ0n) is 10.3. The van der Waals surface area contributed by atoms with Crippen LogP contribution < -0.4 is 16.0 Å². The molecule has 0 saturated heterocycles. The van der Waals surface area contributed by atoms with Crippen LogP contribution in [-0.2, 0) is 6.42 Å². The summed E-state index contributed by atoms with van der Waals surface area (Å²) < 4.78 is 0. The molecule has 1 aliphatic heterocycles. The molecular weight excluding hydrogens is 218 g/mol. The first-order valence-electron chi connectivity index (χ1n) is 5.63. The molecule has 17 heavy (non-hydrogen) atoms. The standard InChI is InChI=1S/C11H17N5O/c1-11(2,3)16-10(17)15-8-6-13-9-7(14-8)4-5-12-9/h6H,4-5H2,1-3H3,(H,12,13)(H2,14,15,16,17). The van der Waals surface area contributed by atoms with Crippen molar-refractivity contribution in [3.8, 4) is 0 Å². The van der Waals surface area contributed by atoms with Crippen LogP contribution in [0.4, 0.5) is 16.4 Å². The zero-order chi connectivity index (χ0) is 12.5. The number of fused-ring (bicyclic) bond motifs is 1. The van der Waals surface area contributed by atoms with Gasteiger partial charge < -0.3 is 10.6 Å². The fourth-order valence-corrected chi connectivity index (χ4v) is 1.60. The summed E-state index contributed by atoms with van der Waals surface area (Å²) in [4.78, 5) is 20.1. The average Bonchev–Trinajstić information content (AvgIpc) is 2.61. The molecule has 6 nitrogen and oxygen atoms in total. The highest BCUT2D eigenvalue weighted by atomic mass is 16.2. The Morgan fingerprint density at radius 3 is 2.94 bits per heavy atom. The second kappa shape index (κ2) is 4.20. The molecule has 0 bridgehead atoms. The lowest BCUT2D eigenvalue weighted by Gasteiger charge is -2.20. The van der Waals surface area contributed by atoms with Crippen molar-refractivity contribution in [3.05, 3.63) is 11.9 Å². The largest absolute Gasteiger partial charge is 0.368 e. The lowest BCUT2D eigenvalue weighted by molar-refractivity contribution is 0.243. The third-order valence-corrected chi connectivity index (χ3v) is 2.23. The van der Waals surface area contributed by atoms with Gasteiger partial charge in [0.2, 0.25) is 0 Å². The highest BCUT2D eigenvalue weighted by Crippen LogP contribution is 2.18. The van der Waals surface area contributed by atoms with E-state index >= 15 is 0 Å². The molecule has 0 spiro atoms. The summed E-state index contributed by atoms with van der Waals surface area (Å²) in [5.74, 6) is 1.29. The first kappa shape index (κ1) is 11.6. The predicted molar refractivity (Wildman–Crippen MR) is 66.1 cm³/mol. The zero-order valence-corrected chi connectivity index (χ0v) is 10.3. The summed E-state index contributed by atoms with van der Waals surface area (Å²) in [6.07, 6.45) is 2.40. The minimum absolute atomic E-state index is 0.266. The lowest BCUT2D eigenvalue weighted by atomic mass is 10.1. The highest BCUT2D eigenvalue weighted by molar-refractivity contribution is 5.88. The second-order valence-corrected chi connectivity index (χ2v) is 5.06. The highest BCUT2D eigenvalue weighted by Gasteiger charge is 2.16. The predicted octanol–water partition coefficient (Wildman–Crippen LogP) is 1.36. The lowest BCUT2D eigenvalue weighted by Crippen LogP contribution is -2.43. The number of aromatic nitrogens is 2. The van der Waals surface area contributed by atoms with Crippen LogP contribution in [0.1, 0.15) is 26.5 Å². The van der Waals surface area contributed by atoms with E-state index in [2.05, 4.69) is 25.9 Å². The molecule has 2 rings (SSSR count). The Hall–Kier alpha value is -1.85. The van der Waals surface area contributed by atoms with Crippen molar-refractivity contribution in [1.82, 2.24) is 15.3 Å². The first-order chi connectivity index (χ1) is 7.94. The van der Waals surface area contributed by atoms with Crippen molar-refractivity contribution in [2.75, 3.05) is 17.2 Å². The number of rotatable bonds is 1. The summed E-state index contributed by atoms with van der Waals surface area (Å²) in [6.45, 7) is 6.62. The van der Waals surface area contributed by atoms with E-state index in [0.29, 0.717) is 5.82 Å². The third-order valence-electron chi connectivity index (χ3n) is 2.23. The molecule has 1 aromatic heterocycles. The van der Waals surface area contributed by atoms with Crippen molar-refractivity contribution in [3.63, 3.8) is 0 Å². The van der Waals surface area contributed by atoms with Crippen LogP contribution >= 0.6 is 0 Å². The van der Waals surface area contributed by atoms with Gasteiger partial charge in [0.05, 0.1) is 11.9 Å². The molecule has 6 heteroatoms. The Morgan fingerprint density at radius 1 is 1.47 bits per heavy atom. The van der Waals surface area contributed by atoms with Crippen LogP contribution in [0.25, 0.3) is 0 Å². The van der Waals surface area contributed by atoms with Gasteiger partial charge in [-0.15, -0.1) is 0 Å². The number of urea groups is 1. The quantitative estimate of drug-likeness (QED) is 0.686. The van der Waals surface area contributed by atoms with Gasteiger partial charge in [-0.25, -0.2) is 14.8 Å². The van der Waals surface area contributed by atoms with Crippen molar-refractivity contribution in [2.45, 2.75) is 32.7 Å². The van der Waals surface area contributed by atoms with Gasteiger partial charge in [-0.05, 0) is 20.8 Å². The summed E-state index contributed by atoms with van der Waals surface area (Å²) >= 11 is 0. The SMILES string of the molecule is CC(C)(C)NC(=O)Nc1cnc2c(n1)CCN2. The van der Waals surface area contributed by atoms with Gasteiger partial charge in [-0.1, -0.05) is 0 Å². The second-order valence-electron chi connectivity index (χ2n) is 5.06. The van der Waals surface area contributed by atoms with Gasteiger partial charge in [0.25, 0.3) is 0 Å². The maximum atomic E-state index is 11.6. The molecule has 2 amide bonds. The molecule has 2 heterocycles. The molecule has 0 aromatic carbocycles. The number of hydrogen-bond donors (Lipinski definition) is 3. The van der Waals surface area contributed by atoms with Gasteiger partial charge in [0.15, 0.2) is 5.82 Å². The van der Waals surface area contributed by atoms with Crippen molar-refractivity contribution in [2.24, 2.45) is 0 Å². The molecule has 0 radical (unpaired) electrons. The normalized spacial score (nSPS) is 13.8. The topological polar surface area (TPSA) is 78.9 Å².